The molecule has 0 saturated carbocycles. The molecule has 0 aromatic rings. The van der Waals surface area contributed by atoms with Gasteiger partial charge >= 0.3 is 0 Å². The first-order valence-electron chi connectivity index (χ1n) is 9.35. The number of hydrogen-bond acceptors (Lipinski definition) is 0. The number of rotatable bonds is 8. The third-order valence-corrected chi connectivity index (χ3v) is 7.27. The summed E-state index contributed by atoms with van der Waals surface area (Å²) in [4.78, 5) is 0. The van der Waals surface area contributed by atoms with Crippen LogP contribution in [0.4, 0.5) is 0 Å². The zero-order chi connectivity index (χ0) is 17.1. The summed E-state index contributed by atoms with van der Waals surface area (Å²) in [6.45, 7) is 26.8. The summed E-state index contributed by atoms with van der Waals surface area (Å²) in [5.41, 5.74) is 1.33. The molecule has 0 aliphatic rings. The van der Waals surface area contributed by atoms with Gasteiger partial charge in [-0.05, 0) is 40.4 Å². The predicted molar refractivity (Wildman–Crippen MR) is 98.7 cm³/mol. The number of hydrogen-bond donors (Lipinski definition) is 0. The quantitative estimate of drug-likeness (QED) is 0.433. The van der Waals surface area contributed by atoms with Gasteiger partial charge in [0.1, 0.15) is 0 Å². The van der Waals surface area contributed by atoms with Gasteiger partial charge in [-0.15, -0.1) is 0 Å². The van der Waals surface area contributed by atoms with E-state index in [-0.39, 0.29) is 0 Å². The van der Waals surface area contributed by atoms with Gasteiger partial charge in [-0.3, -0.25) is 0 Å². The molecule has 3 unspecified atom stereocenters. The van der Waals surface area contributed by atoms with E-state index in [4.69, 9.17) is 0 Å². The summed E-state index contributed by atoms with van der Waals surface area (Å²) in [5, 5.41) is 0. The molecule has 0 aliphatic carbocycles. The van der Waals surface area contributed by atoms with Gasteiger partial charge in [-0.2, -0.15) is 0 Å². The molecular formula is C21H44. The Hall–Kier alpha value is 0. The zero-order valence-electron chi connectivity index (χ0n) is 17.1. The van der Waals surface area contributed by atoms with Gasteiger partial charge in [-0.1, -0.05) is 95.4 Å². The van der Waals surface area contributed by atoms with E-state index in [2.05, 4.69) is 76.2 Å². The van der Waals surface area contributed by atoms with Crippen LogP contribution in [-0.2, 0) is 0 Å². The van der Waals surface area contributed by atoms with Crippen molar-refractivity contribution in [2.75, 3.05) is 0 Å². The molecule has 0 N–H and O–H groups in total. The molecule has 0 aliphatic heterocycles. The predicted octanol–water partition coefficient (Wildman–Crippen LogP) is 7.57. The lowest BCUT2D eigenvalue weighted by molar-refractivity contribution is 0.0290. The SMILES string of the molecule is CCC(C)(C)C(C)C(CC(C)C(C)(CC)CC)C(C)(C)C. The van der Waals surface area contributed by atoms with Gasteiger partial charge in [0.15, 0.2) is 0 Å². The van der Waals surface area contributed by atoms with Crippen LogP contribution >= 0.6 is 0 Å². The van der Waals surface area contributed by atoms with Gasteiger partial charge < -0.3 is 0 Å². The highest BCUT2D eigenvalue weighted by Crippen LogP contribution is 2.49. The van der Waals surface area contributed by atoms with Crippen LogP contribution in [0.2, 0.25) is 0 Å². The van der Waals surface area contributed by atoms with Crippen molar-refractivity contribution in [2.24, 2.45) is 34.0 Å². The molecule has 21 heavy (non-hydrogen) atoms. The second kappa shape index (κ2) is 7.51. The third kappa shape index (κ3) is 5.29. The fraction of sp³-hybridized carbons (Fsp3) is 1.00. The van der Waals surface area contributed by atoms with E-state index in [0.29, 0.717) is 16.2 Å². The van der Waals surface area contributed by atoms with Crippen LogP contribution in [0, 0.1) is 34.0 Å². The maximum atomic E-state index is 2.50. The highest BCUT2D eigenvalue weighted by atomic mass is 14.5. The van der Waals surface area contributed by atoms with E-state index in [9.17, 15) is 0 Å². The molecule has 0 aromatic carbocycles. The fourth-order valence-electron chi connectivity index (χ4n) is 3.79. The van der Waals surface area contributed by atoms with Crippen LogP contribution in [-0.4, -0.2) is 0 Å². The van der Waals surface area contributed by atoms with Crippen molar-refractivity contribution in [3.05, 3.63) is 0 Å². The maximum absolute atomic E-state index is 2.50. The first-order valence-corrected chi connectivity index (χ1v) is 9.35. The van der Waals surface area contributed by atoms with Crippen LogP contribution < -0.4 is 0 Å². The van der Waals surface area contributed by atoms with Crippen LogP contribution in [0.5, 0.6) is 0 Å². The van der Waals surface area contributed by atoms with Crippen molar-refractivity contribution in [1.82, 2.24) is 0 Å². The Morgan fingerprint density at radius 3 is 1.43 bits per heavy atom. The minimum absolute atomic E-state index is 0.391. The zero-order valence-corrected chi connectivity index (χ0v) is 17.1. The van der Waals surface area contributed by atoms with Crippen LogP contribution in [0.1, 0.15) is 102 Å². The summed E-state index contributed by atoms with van der Waals surface area (Å²) in [6, 6.07) is 0. The molecule has 0 bridgehead atoms. The van der Waals surface area contributed by atoms with Crippen molar-refractivity contribution in [3.63, 3.8) is 0 Å². The van der Waals surface area contributed by atoms with Crippen molar-refractivity contribution in [2.45, 2.75) is 102 Å². The smallest absolute Gasteiger partial charge is 0.0305 e. The molecule has 0 aromatic heterocycles. The topological polar surface area (TPSA) is 0 Å². The molecule has 0 radical (unpaired) electrons. The van der Waals surface area contributed by atoms with E-state index >= 15 is 0 Å². The lowest BCUT2D eigenvalue weighted by Gasteiger charge is -2.47. The van der Waals surface area contributed by atoms with Gasteiger partial charge in [0.2, 0.25) is 0 Å². The third-order valence-electron chi connectivity index (χ3n) is 7.27. The summed E-state index contributed by atoms with van der Waals surface area (Å²) in [7, 11) is 0. The van der Waals surface area contributed by atoms with Crippen molar-refractivity contribution in [3.8, 4) is 0 Å². The van der Waals surface area contributed by atoms with Crippen LogP contribution in [0.15, 0.2) is 0 Å². The first kappa shape index (κ1) is 21.0. The van der Waals surface area contributed by atoms with Crippen molar-refractivity contribution in [1.29, 1.82) is 0 Å². The lowest BCUT2D eigenvalue weighted by atomic mass is 9.59. The molecule has 0 heteroatoms. The van der Waals surface area contributed by atoms with Gasteiger partial charge in [0.25, 0.3) is 0 Å². The molecule has 0 amide bonds. The largest absolute Gasteiger partial charge is 0.0649 e. The summed E-state index contributed by atoms with van der Waals surface area (Å²) >= 11 is 0. The monoisotopic (exact) mass is 296 g/mol. The van der Waals surface area contributed by atoms with Gasteiger partial charge in [0, 0.05) is 0 Å². The van der Waals surface area contributed by atoms with E-state index in [0.717, 1.165) is 17.8 Å². The Labute approximate surface area is 136 Å². The highest BCUT2D eigenvalue weighted by molar-refractivity contribution is 4.89. The molecule has 0 heterocycles. The molecule has 3 atom stereocenters. The normalized spacial score (nSPS) is 18.4. The second-order valence-corrected chi connectivity index (χ2v) is 9.60. The molecule has 0 saturated heterocycles. The molecular weight excluding hydrogens is 252 g/mol. The average molecular weight is 297 g/mol. The van der Waals surface area contributed by atoms with E-state index in [1.54, 1.807) is 0 Å². The Morgan fingerprint density at radius 1 is 0.714 bits per heavy atom. The molecule has 0 spiro atoms. The molecule has 128 valence electrons. The Kier molecular flexibility index (Phi) is 7.51. The summed E-state index contributed by atoms with van der Waals surface area (Å²) in [5.74, 6) is 2.36. The Balaban J connectivity index is 5.31. The highest BCUT2D eigenvalue weighted by Gasteiger charge is 2.40. The minimum Gasteiger partial charge on any atom is -0.0649 e. The maximum Gasteiger partial charge on any atom is -0.0305 e. The molecule has 0 nitrogen and oxygen atoms in total. The standard InChI is InChI=1S/C21H44/c1-12-20(9,10)17(5)18(19(6,7)8)15-16(4)21(11,13-2)14-3/h16-18H,12-15H2,1-11H3. The van der Waals surface area contributed by atoms with Crippen LogP contribution in [0.3, 0.4) is 0 Å². The molecule has 0 fully saturated rings. The Bertz CT molecular complexity index is 288. The average Bonchev–Trinajstić information content (AvgIpc) is 2.41. The van der Waals surface area contributed by atoms with Crippen LogP contribution in [0.25, 0.3) is 0 Å². The second-order valence-electron chi connectivity index (χ2n) is 9.60. The fourth-order valence-corrected chi connectivity index (χ4v) is 3.79. The first-order chi connectivity index (χ1) is 9.35. The van der Waals surface area contributed by atoms with Crippen molar-refractivity contribution >= 4 is 0 Å². The van der Waals surface area contributed by atoms with Crippen molar-refractivity contribution < 1.29 is 0 Å². The lowest BCUT2D eigenvalue weighted by Crippen LogP contribution is -2.38. The van der Waals surface area contributed by atoms with Gasteiger partial charge in [0.05, 0.1) is 0 Å². The Morgan fingerprint density at radius 2 is 1.14 bits per heavy atom. The van der Waals surface area contributed by atoms with E-state index in [1.807, 2.05) is 0 Å². The minimum atomic E-state index is 0.391. The van der Waals surface area contributed by atoms with E-state index < -0.39 is 0 Å². The molecule has 0 rings (SSSR count). The summed E-state index contributed by atoms with van der Waals surface area (Å²) in [6.07, 6.45) is 5.24. The summed E-state index contributed by atoms with van der Waals surface area (Å²) < 4.78 is 0. The van der Waals surface area contributed by atoms with Gasteiger partial charge in [-0.25, -0.2) is 0 Å². The van der Waals surface area contributed by atoms with E-state index in [1.165, 1.54) is 25.7 Å².